The number of aryl methyl sites for hydroxylation is 1. The van der Waals surface area contributed by atoms with E-state index in [0.717, 1.165) is 16.0 Å². The monoisotopic (exact) mass is 378 g/mol. The fourth-order valence-electron chi connectivity index (χ4n) is 3.06. The summed E-state index contributed by atoms with van der Waals surface area (Å²) in [7, 11) is 0. The van der Waals surface area contributed by atoms with Gasteiger partial charge in [0.2, 0.25) is 5.88 Å². The number of benzene rings is 2. The first-order chi connectivity index (χ1) is 13.0. The predicted octanol–water partition coefficient (Wildman–Crippen LogP) is 4.55. The molecule has 4 rings (SSSR count). The number of pyridine rings is 1. The fourth-order valence-corrected chi connectivity index (χ4v) is 4.28. The van der Waals surface area contributed by atoms with Crippen molar-refractivity contribution in [3.8, 4) is 17.7 Å². The van der Waals surface area contributed by atoms with Gasteiger partial charge in [-0.25, -0.2) is 4.39 Å². The molecule has 27 heavy (non-hydrogen) atoms. The van der Waals surface area contributed by atoms with E-state index in [-0.39, 0.29) is 28.1 Å². The third-order valence-electron chi connectivity index (χ3n) is 4.36. The van der Waals surface area contributed by atoms with Crippen LogP contribution in [0.1, 0.15) is 27.5 Å². The van der Waals surface area contributed by atoms with Gasteiger partial charge in [-0.15, -0.1) is 11.8 Å². The Labute approximate surface area is 159 Å². The number of fused-ring (bicyclic) bond motifs is 2. The molecular weight excluding hydrogens is 363 g/mol. The van der Waals surface area contributed by atoms with Crippen molar-refractivity contribution in [1.82, 2.24) is 4.98 Å². The van der Waals surface area contributed by atoms with Gasteiger partial charge in [-0.05, 0) is 37.3 Å². The standard InChI is InChI=1S/C20H15FN4OS/c1-10-2-7-15-13(8-10)18(27-12-5-3-11(21)4-6-12)16-17(23)14(9-22)19(24)25-20(16)26-15/h2-8,18H,1H3,(H4,23,24,25). The molecule has 5 nitrogen and oxygen atoms in total. The molecule has 0 saturated heterocycles. The maximum absolute atomic E-state index is 13.3. The molecular formula is C20H15FN4OS. The largest absolute Gasteiger partial charge is 0.438 e. The lowest BCUT2D eigenvalue weighted by molar-refractivity contribution is 0.441. The molecule has 0 radical (unpaired) electrons. The van der Waals surface area contributed by atoms with Gasteiger partial charge in [-0.1, -0.05) is 17.7 Å². The molecule has 0 fully saturated rings. The van der Waals surface area contributed by atoms with Crippen LogP contribution in [0.25, 0.3) is 0 Å². The van der Waals surface area contributed by atoms with Crippen LogP contribution in [0.4, 0.5) is 15.9 Å². The lowest BCUT2D eigenvalue weighted by Crippen LogP contribution is -2.15. The first-order valence-electron chi connectivity index (χ1n) is 8.17. The summed E-state index contributed by atoms with van der Waals surface area (Å²) < 4.78 is 19.2. The van der Waals surface area contributed by atoms with Crippen molar-refractivity contribution < 1.29 is 9.13 Å². The summed E-state index contributed by atoms with van der Waals surface area (Å²) in [5.41, 5.74) is 15.1. The zero-order valence-corrected chi connectivity index (χ0v) is 15.2. The van der Waals surface area contributed by atoms with Crippen LogP contribution in [-0.4, -0.2) is 4.98 Å². The van der Waals surface area contributed by atoms with Crippen LogP contribution in [0.3, 0.4) is 0 Å². The molecule has 1 aliphatic rings. The second-order valence-electron chi connectivity index (χ2n) is 6.21. The number of nitrogens with zero attached hydrogens (tertiary/aromatic N) is 2. The van der Waals surface area contributed by atoms with Gasteiger partial charge in [0.05, 0.1) is 16.5 Å². The van der Waals surface area contributed by atoms with E-state index in [1.807, 2.05) is 31.2 Å². The summed E-state index contributed by atoms with van der Waals surface area (Å²) in [6.45, 7) is 1.99. The summed E-state index contributed by atoms with van der Waals surface area (Å²) in [4.78, 5) is 5.11. The van der Waals surface area contributed by atoms with E-state index in [2.05, 4.69) is 4.98 Å². The van der Waals surface area contributed by atoms with Crippen LogP contribution < -0.4 is 16.2 Å². The molecule has 134 valence electrons. The highest BCUT2D eigenvalue weighted by atomic mass is 32.2. The molecule has 1 unspecified atom stereocenters. The van der Waals surface area contributed by atoms with E-state index in [0.29, 0.717) is 17.2 Å². The van der Waals surface area contributed by atoms with E-state index >= 15 is 0 Å². The molecule has 0 spiro atoms. The second kappa shape index (κ2) is 6.49. The number of hydrogen-bond acceptors (Lipinski definition) is 6. The normalized spacial score (nSPS) is 14.6. The van der Waals surface area contributed by atoms with Crippen molar-refractivity contribution in [2.75, 3.05) is 11.5 Å². The summed E-state index contributed by atoms with van der Waals surface area (Å²) in [5, 5.41) is 9.14. The average molecular weight is 378 g/mol. The van der Waals surface area contributed by atoms with E-state index in [4.69, 9.17) is 16.2 Å². The zero-order valence-electron chi connectivity index (χ0n) is 14.4. The van der Waals surface area contributed by atoms with Crippen LogP contribution in [0.5, 0.6) is 11.6 Å². The predicted molar refractivity (Wildman–Crippen MR) is 103 cm³/mol. The number of thioether (sulfide) groups is 1. The number of ether oxygens (including phenoxy) is 1. The number of hydrogen-bond donors (Lipinski definition) is 2. The Morgan fingerprint density at radius 3 is 2.63 bits per heavy atom. The maximum Gasteiger partial charge on any atom is 0.228 e. The Kier molecular flexibility index (Phi) is 4.13. The van der Waals surface area contributed by atoms with Crippen molar-refractivity contribution >= 4 is 23.3 Å². The van der Waals surface area contributed by atoms with Crippen LogP contribution >= 0.6 is 11.8 Å². The molecule has 2 aromatic carbocycles. The van der Waals surface area contributed by atoms with Gasteiger partial charge in [0.1, 0.15) is 29.0 Å². The van der Waals surface area contributed by atoms with Gasteiger partial charge in [-0.2, -0.15) is 10.2 Å². The zero-order chi connectivity index (χ0) is 19.1. The highest BCUT2D eigenvalue weighted by Gasteiger charge is 2.33. The van der Waals surface area contributed by atoms with Crippen LogP contribution in [0.2, 0.25) is 0 Å². The van der Waals surface area contributed by atoms with Crippen molar-refractivity contribution in [3.63, 3.8) is 0 Å². The van der Waals surface area contributed by atoms with Crippen molar-refractivity contribution in [3.05, 3.63) is 70.5 Å². The first-order valence-corrected chi connectivity index (χ1v) is 9.05. The highest BCUT2D eigenvalue weighted by Crippen LogP contribution is 2.53. The summed E-state index contributed by atoms with van der Waals surface area (Å²) in [6.07, 6.45) is 0. The van der Waals surface area contributed by atoms with E-state index < -0.39 is 0 Å². The smallest absolute Gasteiger partial charge is 0.228 e. The molecule has 2 heterocycles. The van der Waals surface area contributed by atoms with E-state index in [9.17, 15) is 9.65 Å². The Hall–Kier alpha value is -3.24. The summed E-state index contributed by atoms with van der Waals surface area (Å²) in [6, 6.07) is 14.1. The average Bonchev–Trinajstić information content (AvgIpc) is 2.64. The molecule has 1 aromatic heterocycles. The quantitative estimate of drug-likeness (QED) is 0.679. The van der Waals surface area contributed by atoms with Crippen LogP contribution in [-0.2, 0) is 0 Å². The minimum atomic E-state index is -0.302. The second-order valence-corrected chi connectivity index (χ2v) is 7.39. The molecule has 0 bridgehead atoms. The van der Waals surface area contributed by atoms with E-state index in [1.54, 1.807) is 12.1 Å². The lowest BCUT2D eigenvalue weighted by Gasteiger charge is -2.29. The molecule has 1 atom stereocenters. The number of nitrogen functional groups attached to an aromatic ring is 2. The minimum absolute atomic E-state index is 0.0369. The van der Waals surface area contributed by atoms with Crippen LogP contribution in [0, 0.1) is 24.1 Å². The Morgan fingerprint density at radius 1 is 1.19 bits per heavy atom. The Morgan fingerprint density at radius 2 is 1.93 bits per heavy atom. The molecule has 1 aliphatic heterocycles. The number of nitrogens with two attached hydrogens (primary N) is 2. The minimum Gasteiger partial charge on any atom is -0.438 e. The lowest BCUT2D eigenvalue weighted by atomic mass is 9.97. The van der Waals surface area contributed by atoms with Gasteiger partial charge in [-0.3, -0.25) is 0 Å². The number of anilines is 2. The maximum atomic E-state index is 13.3. The number of rotatable bonds is 2. The molecule has 7 heteroatoms. The van der Waals surface area contributed by atoms with Gasteiger partial charge < -0.3 is 16.2 Å². The SMILES string of the molecule is Cc1ccc2c(c1)C(Sc1ccc(F)cc1)c1c(nc(N)c(C#N)c1N)O2. The fraction of sp³-hybridized carbons (Fsp3) is 0.100. The third kappa shape index (κ3) is 2.94. The van der Waals surface area contributed by atoms with Crippen molar-refractivity contribution in [2.45, 2.75) is 17.1 Å². The highest BCUT2D eigenvalue weighted by molar-refractivity contribution is 7.99. The molecule has 3 aromatic rings. The van der Waals surface area contributed by atoms with Crippen molar-refractivity contribution in [2.24, 2.45) is 0 Å². The van der Waals surface area contributed by atoms with E-state index in [1.165, 1.54) is 23.9 Å². The Balaban J connectivity index is 1.92. The number of halogens is 1. The van der Waals surface area contributed by atoms with Gasteiger partial charge in [0.15, 0.2) is 0 Å². The third-order valence-corrected chi connectivity index (χ3v) is 5.63. The van der Waals surface area contributed by atoms with Gasteiger partial charge in [0, 0.05) is 10.5 Å². The molecule has 4 N–H and O–H groups in total. The summed E-state index contributed by atoms with van der Waals surface area (Å²) in [5.74, 6) is 0.683. The van der Waals surface area contributed by atoms with Crippen molar-refractivity contribution in [1.29, 1.82) is 5.26 Å². The molecule has 0 aliphatic carbocycles. The Bertz CT molecular complexity index is 1090. The number of aromatic nitrogens is 1. The summed E-state index contributed by atoms with van der Waals surface area (Å²) >= 11 is 1.49. The molecule has 0 amide bonds. The topological polar surface area (TPSA) is 98.0 Å². The number of nitriles is 1. The first kappa shape index (κ1) is 17.2. The van der Waals surface area contributed by atoms with Gasteiger partial charge in [0.25, 0.3) is 0 Å². The van der Waals surface area contributed by atoms with Crippen LogP contribution in [0.15, 0.2) is 47.4 Å². The van der Waals surface area contributed by atoms with Gasteiger partial charge >= 0.3 is 0 Å². The molecule has 0 saturated carbocycles.